The minimum atomic E-state index is -0.516. The minimum Gasteiger partial charge on any atom is -0.322 e. The SMILES string of the molecule is O=C(NN=Cc1cccc([N+](=O)[O-])c1)c1cccc(NC(=O)c2ccccc2Cl)c1. The van der Waals surface area contributed by atoms with Gasteiger partial charge in [-0.2, -0.15) is 5.10 Å². The average Bonchev–Trinajstić information content (AvgIpc) is 2.74. The van der Waals surface area contributed by atoms with Crippen molar-refractivity contribution in [1.82, 2.24) is 5.43 Å². The smallest absolute Gasteiger partial charge is 0.271 e. The zero-order valence-electron chi connectivity index (χ0n) is 15.4. The number of halogens is 1. The van der Waals surface area contributed by atoms with Crippen LogP contribution in [0.1, 0.15) is 26.3 Å². The van der Waals surface area contributed by atoms with Crippen molar-refractivity contribution in [2.45, 2.75) is 0 Å². The topological polar surface area (TPSA) is 114 Å². The van der Waals surface area contributed by atoms with E-state index in [9.17, 15) is 19.7 Å². The number of anilines is 1. The van der Waals surface area contributed by atoms with Crippen LogP contribution in [-0.2, 0) is 0 Å². The van der Waals surface area contributed by atoms with Crippen LogP contribution < -0.4 is 10.7 Å². The van der Waals surface area contributed by atoms with Gasteiger partial charge in [-0.15, -0.1) is 0 Å². The third-order valence-electron chi connectivity index (χ3n) is 3.96. The Labute approximate surface area is 176 Å². The third-order valence-corrected chi connectivity index (χ3v) is 4.29. The molecule has 0 unspecified atom stereocenters. The molecule has 3 aromatic carbocycles. The van der Waals surface area contributed by atoms with Crippen molar-refractivity contribution in [3.05, 3.63) is 105 Å². The summed E-state index contributed by atoms with van der Waals surface area (Å²) in [4.78, 5) is 34.9. The summed E-state index contributed by atoms with van der Waals surface area (Å²) in [7, 11) is 0. The highest BCUT2D eigenvalue weighted by atomic mass is 35.5. The standard InChI is InChI=1S/C21H15ClN4O4/c22-19-10-2-1-9-18(19)21(28)24-16-7-4-6-15(12-16)20(27)25-23-13-14-5-3-8-17(11-14)26(29)30/h1-13H,(H,24,28)(H,25,27). The van der Waals surface area contributed by atoms with E-state index in [0.717, 1.165) is 0 Å². The fraction of sp³-hybridized carbons (Fsp3) is 0. The van der Waals surface area contributed by atoms with E-state index in [0.29, 0.717) is 21.8 Å². The summed E-state index contributed by atoms with van der Waals surface area (Å²) < 4.78 is 0. The zero-order valence-corrected chi connectivity index (χ0v) is 16.2. The van der Waals surface area contributed by atoms with Crippen LogP contribution in [0.5, 0.6) is 0 Å². The van der Waals surface area contributed by atoms with Crippen LogP contribution in [0.3, 0.4) is 0 Å². The highest BCUT2D eigenvalue weighted by molar-refractivity contribution is 6.34. The Bertz CT molecular complexity index is 1150. The lowest BCUT2D eigenvalue weighted by molar-refractivity contribution is -0.384. The Morgan fingerprint density at radius 2 is 1.73 bits per heavy atom. The number of carbonyl (C=O) groups excluding carboxylic acids is 2. The summed E-state index contributed by atoms with van der Waals surface area (Å²) in [5.41, 5.74) is 3.73. The number of amides is 2. The van der Waals surface area contributed by atoms with Gasteiger partial charge in [0.25, 0.3) is 17.5 Å². The molecule has 2 N–H and O–H groups in total. The van der Waals surface area contributed by atoms with Crippen molar-refractivity contribution in [1.29, 1.82) is 0 Å². The Morgan fingerprint density at radius 1 is 0.967 bits per heavy atom. The lowest BCUT2D eigenvalue weighted by Crippen LogP contribution is -2.18. The van der Waals surface area contributed by atoms with Crippen LogP contribution in [0.2, 0.25) is 5.02 Å². The number of nitrogens with one attached hydrogen (secondary N) is 2. The Hall–Kier alpha value is -4.04. The summed E-state index contributed by atoms with van der Waals surface area (Å²) >= 11 is 6.02. The average molecular weight is 423 g/mol. The van der Waals surface area contributed by atoms with Crippen molar-refractivity contribution < 1.29 is 14.5 Å². The zero-order chi connectivity index (χ0) is 21.5. The van der Waals surface area contributed by atoms with Crippen LogP contribution in [0.15, 0.2) is 77.9 Å². The molecule has 0 aliphatic carbocycles. The van der Waals surface area contributed by atoms with Gasteiger partial charge in [0.05, 0.1) is 21.7 Å². The lowest BCUT2D eigenvalue weighted by Gasteiger charge is -2.08. The number of benzene rings is 3. The molecule has 0 aliphatic heterocycles. The van der Waals surface area contributed by atoms with Crippen molar-refractivity contribution in [2.75, 3.05) is 5.32 Å². The lowest BCUT2D eigenvalue weighted by atomic mass is 10.1. The molecule has 3 aromatic rings. The minimum absolute atomic E-state index is 0.0766. The maximum absolute atomic E-state index is 12.4. The Kier molecular flexibility index (Phi) is 6.51. The molecular weight excluding hydrogens is 408 g/mol. The second kappa shape index (κ2) is 9.44. The number of hydrogen-bond donors (Lipinski definition) is 2. The van der Waals surface area contributed by atoms with E-state index in [2.05, 4.69) is 15.8 Å². The van der Waals surface area contributed by atoms with Gasteiger partial charge in [0, 0.05) is 28.9 Å². The third kappa shape index (κ3) is 5.27. The number of nitrogens with zero attached hydrogens (tertiary/aromatic N) is 2. The quantitative estimate of drug-likeness (QED) is 0.351. The summed E-state index contributed by atoms with van der Waals surface area (Å²) in [5.74, 6) is -0.910. The monoisotopic (exact) mass is 422 g/mol. The molecule has 0 saturated heterocycles. The van der Waals surface area contributed by atoms with Crippen molar-refractivity contribution in [3.8, 4) is 0 Å². The maximum Gasteiger partial charge on any atom is 0.271 e. The molecule has 0 radical (unpaired) electrons. The van der Waals surface area contributed by atoms with E-state index >= 15 is 0 Å². The van der Waals surface area contributed by atoms with Gasteiger partial charge in [-0.1, -0.05) is 41.9 Å². The molecule has 0 saturated carbocycles. The molecule has 0 atom stereocenters. The molecule has 0 spiro atoms. The number of nitro benzene ring substituents is 1. The normalized spacial score (nSPS) is 10.6. The van der Waals surface area contributed by atoms with E-state index < -0.39 is 16.7 Å². The molecule has 8 nitrogen and oxygen atoms in total. The number of carbonyl (C=O) groups is 2. The maximum atomic E-state index is 12.4. The first-order valence-corrected chi connectivity index (χ1v) is 9.05. The van der Waals surface area contributed by atoms with Gasteiger partial charge in [-0.25, -0.2) is 5.43 Å². The first-order valence-electron chi connectivity index (χ1n) is 8.68. The molecule has 0 fully saturated rings. The largest absolute Gasteiger partial charge is 0.322 e. The molecule has 30 heavy (non-hydrogen) atoms. The molecule has 0 heterocycles. The van der Waals surface area contributed by atoms with Crippen LogP contribution in [-0.4, -0.2) is 23.0 Å². The van der Waals surface area contributed by atoms with Gasteiger partial charge in [0.2, 0.25) is 0 Å². The van der Waals surface area contributed by atoms with E-state index in [4.69, 9.17) is 11.6 Å². The Morgan fingerprint density at radius 3 is 2.50 bits per heavy atom. The van der Waals surface area contributed by atoms with E-state index in [1.165, 1.54) is 30.5 Å². The summed E-state index contributed by atoms with van der Waals surface area (Å²) in [6.07, 6.45) is 1.30. The number of rotatable bonds is 6. The number of non-ortho nitro benzene ring substituents is 1. The first-order chi connectivity index (χ1) is 14.4. The van der Waals surface area contributed by atoms with Gasteiger partial charge >= 0.3 is 0 Å². The highest BCUT2D eigenvalue weighted by Gasteiger charge is 2.11. The second-order valence-electron chi connectivity index (χ2n) is 6.07. The van der Waals surface area contributed by atoms with E-state index in [1.54, 1.807) is 48.5 Å². The Balaban J connectivity index is 1.66. The van der Waals surface area contributed by atoms with Gasteiger partial charge < -0.3 is 5.32 Å². The number of nitro groups is 1. The number of hydrogen-bond acceptors (Lipinski definition) is 5. The molecule has 9 heteroatoms. The van der Waals surface area contributed by atoms with E-state index in [1.807, 2.05) is 0 Å². The highest BCUT2D eigenvalue weighted by Crippen LogP contribution is 2.18. The van der Waals surface area contributed by atoms with Crippen LogP contribution >= 0.6 is 11.6 Å². The van der Waals surface area contributed by atoms with Gasteiger partial charge in [0.1, 0.15) is 0 Å². The molecule has 2 amide bonds. The predicted molar refractivity (Wildman–Crippen MR) is 114 cm³/mol. The summed E-state index contributed by atoms with van der Waals surface area (Å²) in [5, 5.41) is 17.6. The molecule has 0 aromatic heterocycles. The molecule has 0 aliphatic rings. The molecule has 150 valence electrons. The van der Waals surface area contributed by atoms with Gasteiger partial charge in [-0.05, 0) is 30.3 Å². The summed E-state index contributed by atoms with van der Waals surface area (Å²) in [6.45, 7) is 0. The van der Waals surface area contributed by atoms with Gasteiger partial charge in [0.15, 0.2) is 0 Å². The van der Waals surface area contributed by atoms with Crippen molar-refractivity contribution >= 4 is 41.0 Å². The van der Waals surface area contributed by atoms with Crippen LogP contribution in [0.25, 0.3) is 0 Å². The summed E-state index contributed by atoms with van der Waals surface area (Å²) in [6, 6.07) is 18.8. The fourth-order valence-electron chi connectivity index (χ4n) is 2.53. The fourth-order valence-corrected chi connectivity index (χ4v) is 2.75. The predicted octanol–water partition coefficient (Wildman–Crippen LogP) is 4.26. The van der Waals surface area contributed by atoms with Crippen LogP contribution in [0, 0.1) is 10.1 Å². The van der Waals surface area contributed by atoms with E-state index in [-0.39, 0.29) is 11.3 Å². The van der Waals surface area contributed by atoms with Crippen molar-refractivity contribution in [3.63, 3.8) is 0 Å². The van der Waals surface area contributed by atoms with Crippen molar-refractivity contribution in [2.24, 2.45) is 5.10 Å². The second-order valence-corrected chi connectivity index (χ2v) is 6.47. The van der Waals surface area contributed by atoms with Crippen LogP contribution in [0.4, 0.5) is 11.4 Å². The first kappa shape index (κ1) is 20.7. The molecular formula is C21H15ClN4O4. The van der Waals surface area contributed by atoms with Gasteiger partial charge in [-0.3, -0.25) is 19.7 Å². The molecule has 0 bridgehead atoms. The molecule has 3 rings (SSSR count). The number of hydrazone groups is 1.